The van der Waals surface area contributed by atoms with Crippen molar-refractivity contribution in [1.29, 1.82) is 0 Å². The molecule has 5 nitrogen and oxygen atoms in total. The second kappa shape index (κ2) is 6.22. The van der Waals surface area contributed by atoms with Crippen LogP contribution < -0.4 is 4.74 Å². The second-order valence-electron chi connectivity index (χ2n) is 5.83. The van der Waals surface area contributed by atoms with E-state index in [4.69, 9.17) is 4.74 Å². The van der Waals surface area contributed by atoms with E-state index in [9.17, 15) is 9.90 Å². The molecule has 2 aromatic rings. The highest BCUT2D eigenvalue weighted by atomic mass is 16.5. The number of aromatic carboxylic acids is 1. The van der Waals surface area contributed by atoms with Crippen LogP contribution in [0, 0.1) is 6.92 Å². The Hall–Kier alpha value is -2.30. The van der Waals surface area contributed by atoms with Crippen LogP contribution in [-0.4, -0.2) is 27.0 Å². The van der Waals surface area contributed by atoms with E-state index < -0.39 is 5.97 Å². The lowest BCUT2D eigenvalue weighted by molar-refractivity contribution is 0.0676. The summed E-state index contributed by atoms with van der Waals surface area (Å²) < 4.78 is 7.35. The van der Waals surface area contributed by atoms with Crippen LogP contribution in [0.2, 0.25) is 0 Å². The summed E-state index contributed by atoms with van der Waals surface area (Å²) in [6.07, 6.45) is 5.91. The molecule has 1 aliphatic rings. The standard InChI is InChI=1S/C17H20N2O3/c1-12-5-4-6-13(9-12)11-19-16(17(20)21)15(10-18-19)22-14-7-2-3-8-14/h4-6,9-10,14H,2-3,7-8,11H2,1H3,(H,20,21). The highest BCUT2D eigenvalue weighted by Gasteiger charge is 2.24. The minimum absolute atomic E-state index is 0.120. The van der Waals surface area contributed by atoms with Crippen LogP contribution in [0.25, 0.3) is 0 Å². The molecule has 1 fully saturated rings. The third-order valence-electron chi connectivity index (χ3n) is 4.02. The molecule has 0 saturated heterocycles. The van der Waals surface area contributed by atoms with Gasteiger partial charge in [0.05, 0.1) is 18.8 Å². The average Bonchev–Trinajstić information content (AvgIpc) is 3.09. The number of hydrogen-bond acceptors (Lipinski definition) is 3. The van der Waals surface area contributed by atoms with Crippen LogP contribution in [0.5, 0.6) is 5.75 Å². The smallest absolute Gasteiger partial charge is 0.358 e. The Morgan fingerprint density at radius 3 is 2.86 bits per heavy atom. The van der Waals surface area contributed by atoms with Gasteiger partial charge in [-0.15, -0.1) is 0 Å². The van der Waals surface area contributed by atoms with Gasteiger partial charge in [0.1, 0.15) is 0 Å². The molecule has 0 aliphatic heterocycles. The predicted octanol–water partition coefficient (Wildman–Crippen LogP) is 3.26. The van der Waals surface area contributed by atoms with E-state index in [-0.39, 0.29) is 11.8 Å². The van der Waals surface area contributed by atoms with Crippen LogP contribution in [-0.2, 0) is 6.54 Å². The summed E-state index contributed by atoms with van der Waals surface area (Å²) in [6.45, 7) is 2.44. The highest BCUT2D eigenvalue weighted by molar-refractivity contribution is 5.88. The van der Waals surface area contributed by atoms with Crippen LogP contribution in [0.1, 0.15) is 47.3 Å². The first-order chi connectivity index (χ1) is 10.6. The lowest BCUT2D eigenvalue weighted by Crippen LogP contribution is -2.16. The minimum Gasteiger partial charge on any atom is -0.486 e. The molecule has 0 bridgehead atoms. The van der Waals surface area contributed by atoms with E-state index in [2.05, 4.69) is 5.10 Å². The summed E-state index contributed by atoms with van der Waals surface area (Å²) in [7, 11) is 0. The van der Waals surface area contributed by atoms with Crippen molar-refractivity contribution < 1.29 is 14.6 Å². The zero-order valence-electron chi connectivity index (χ0n) is 12.7. The predicted molar refractivity (Wildman–Crippen MR) is 82.4 cm³/mol. The summed E-state index contributed by atoms with van der Waals surface area (Å²) in [4.78, 5) is 11.6. The van der Waals surface area contributed by atoms with Crippen LogP contribution in [0.4, 0.5) is 0 Å². The minimum atomic E-state index is -1.00. The Bertz CT molecular complexity index is 672. The first-order valence-corrected chi connectivity index (χ1v) is 7.65. The Morgan fingerprint density at radius 2 is 2.18 bits per heavy atom. The molecule has 22 heavy (non-hydrogen) atoms. The van der Waals surface area contributed by atoms with Gasteiger partial charge < -0.3 is 9.84 Å². The molecular formula is C17H20N2O3. The SMILES string of the molecule is Cc1cccc(Cn2ncc(OC3CCCC3)c2C(=O)O)c1. The summed E-state index contributed by atoms with van der Waals surface area (Å²) in [5, 5.41) is 13.7. The number of ether oxygens (including phenoxy) is 1. The maximum Gasteiger partial charge on any atom is 0.358 e. The zero-order valence-corrected chi connectivity index (χ0v) is 12.7. The maximum absolute atomic E-state index is 11.6. The molecule has 1 heterocycles. The number of carbonyl (C=O) groups is 1. The van der Waals surface area contributed by atoms with E-state index in [0.717, 1.165) is 36.8 Å². The van der Waals surface area contributed by atoms with Gasteiger partial charge in [-0.05, 0) is 38.2 Å². The van der Waals surface area contributed by atoms with Crippen LogP contribution >= 0.6 is 0 Å². The molecule has 0 atom stereocenters. The summed E-state index contributed by atoms with van der Waals surface area (Å²) in [5.74, 6) is -0.620. The van der Waals surface area contributed by atoms with Crippen molar-refractivity contribution in [3.05, 3.63) is 47.3 Å². The van der Waals surface area contributed by atoms with Crippen molar-refractivity contribution in [2.24, 2.45) is 0 Å². The third kappa shape index (κ3) is 3.13. The van der Waals surface area contributed by atoms with Crippen molar-refractivity contribution in [2.45, 2.75) is 45.3 Å². The van der Waals surface area contributed by atoms with E-state index in [1.165, 1.54) is 10.9 Å². The maximum atomic E-state index is 11.6. The molecule has 1 N–H and O–H groups in total. The van der Waals surface area contributed by atoms with Gasteiger partial charge >= 0.3 is 5.97 Å². The lowest BCUT2D eigenvalue weighted by atomic mass is 10.1. The number of hydrogen-bond donors (Lipinski definition) is 1. The molecule has 1 aliphatic carbocycles. The number of carboxylic acid groups (broad SMARTS) is 1. The summed E-state index contributed by atoms with van der Waals surface area (Å²) in [6, 6.07) is 7.98. The van der Waals surface area contributed by atoms with Gasteiger partial charge in [-0.3, -0.25) is 4.68 Å². The summed E-state index contributed by atoms with van der Waals surface area (Å²) in [5.41, 5.74) is 2.30. The second-order valence-corrected chi connectivity index (χ2v) is 5.83. The normalized spacial score (nSPS) is 15.1. The molecule has 3 rings (SSSR count). The average molecular weight is 300 g/mol. The van der Waals surface area contributed by atoms with Gasteiger partial charge in [0.15, 0.2) is 11.4 Å². The monoisotopic (exact) mass is 300 g/mol. The van der Waals surface area contributed by atoms with Crippen LogP contribution in [0.3, 0.4) is 0 Å². The molecule has 1 saturated carbocycles. The zero-order chi connectivity index (χ0) is 15.5. The fraction of sp³-hybridized carbons (Fsp3) is 0.412. The molecule has 116 valence electrons. The Morgan fingerprint density at radius 1 is 1.41 bits per heavy atom. The highest BCUT2D eigenvalue weighted by Crippen LogP contribution is 2.27. The number of benzene rings is 1. The lowest BCUT2D eigenvalue weighted by Gasteiger charge is -2.12. The Labute approximate surface area is 129 Å². The molecule has 5 heteroatoms. The topological polar surface area (TPSA) is 64.4 Å². The number of aryl methyl sites for hydroxylation is 1. The van der Waals surface area contributed by atoms with Gasteiger partial charge in [-0.2, -0.15) is 5.10 Å². The largest absolute Gasteiger partial charge is 0.486 e. The van der Waals surface area contributed by atoms with Gasteiger partial charge in [0.25, 0.3) is 0 Å². The number of nitrogens with zero attached hydrogens (tertiary/aromatic N) is 2. The molecule has 0 unspecified atom stereocenters. The van der Waals surface area contributed by atoms with E-state index in [1.807, 2.05) is 31.2 Å². The first kappa shape index (κ1) is 14.6. The molecule has 0 amide bonds. The molecule has 0 radical (unpaired) electrons. The quantitative estimate of drug-likeness (QED) is 0.920. The van der Waals surface area contributed by atoms with Gasteiger partial charge in [0, 0.05) is 0 Å². The number of rotatable bonds is 5. The van der Waals surface area contributed by atoms with Crippen molar-refractivity contribution >= 4 is 5.97 Å². The van der Waals surface area contributed by atoms with Crippen molar-refractivity contribution in [3.63, 3.8) is 0 Å². The molecule has 1 aromatic carbocycles. The first-order valence-electron chi connectivity index (χ1n) is 7.65. The Balaban J connectivity index is 1.84. The van der Waals surface area contributed by atoms with E-state index in [1.54, 1.807) is 0 Å². The van der Waals surface area contributed by atoms with E-state index >= 15 is 0 Å². The van der Waals surface area contributed by atoms with Crippen molar-refractivity contribution in [3.8, 4) is 5.75 Å². The molecule has 0 spiro atoms. The van der Waals surface area contributed by atoms with Crippen molar-refractivity contribution in [1.82, 2.24) is 9.78 Å². The molecule has 1 aromatic heterocycles. The number of aromatic nitrogens is 2. The Kier molecular flexibility index (Phi) is 4.13. The van der Waals surface area contributed by atoms with Crippen LogP contribution in [0.15, 0.2) is 30.5 Å². The molecular weight excluding hydrogens is 280 g/mol. The van der Waals surface area contributed by atoms with Crippen molar-refractivity contribution in [2.75, 3.05) is 0 Å². The fourth-order valence-corrected chi connectivity index (χ4v) is 2.96. The van der Waals surface area contributed by atoms with E-state index in [0.29, 0.717) is 12.3 Å². The summed E-state index contributed by atoms with van der Waals surface area (Å²) >= 11 is 0. The van der Waals surface area contributed by atoms with Gasteiger partial charge in [-0.25, -0.2) is 4.79 Å². The number of carboxylic acids is 1. The van der Waals surface area contributed by atoms with Gasteiger partial charge in [0.2, 0.25) is 0 Å². The third-order valence-corrected chi connectivity index (χ3v) is 4.02. The fourth-order valence-electron chi connectivity index (χ4n) is 2.96. The van der Waals surface area contributed by atoms with Gasteiger partial charge in [-0.1, -0.05) is 29.8 Å².